The average Bonchev–Trinajstić information content (AvgIpc) is 2.55. The minimum Gasteiger partial charge on any atom is -0.468 e. The monoisotopic (exact) mass is 335 g/mol. The van der Waals surface area contributed by atoms with E-state index in [1.165, 1.54) is 12.1 Å². The molecule has 1 N–H and O–H groups in total. The van der Waals surface area contributed by atoms with E-state index < -0.39 is 18.7 Å². The number of benzene rings is 1. The van der Waals surface area contributed by atoms with Crippen molar-refractivity contribution >= 4 is 11.6 Å². The molecule has 1 aromatic heterocycles. The molecule has 0 spiro atoms. The number of rotatable bonds is 5. The molecule has 0 saturated carbocycles. The minimum absolute atomic E-state index is 0.176. The van der Waals surface area contributed by atoms with Crippen LogP contribution in [0.5, 0.6) is 5.88 Å². The number of nitrogens with zero attached hydrogens (tertiary/aromatic N) is 2. The van der Waals surface area contributed by atoms with Gasteiger partial charge in [-0.3, -0.25) is 4.79 Å². The lowest BCUT2D eigenvalue weighted by Crippen LogP contribution is -2.19. The summed E-state index contributed by atoms with van der Waals surface area (Å²) in [7, 11) is 0. The van der Waals surface area contributed by atoms with Gasteiger partial charge in [-0.2, -0.15) is 18.4 Å². The molecule has 0 saturated heterocycles. The molecule has 124 valence electrons. The number of anilines is 1. The summed E-state index contributed by atoms with van der Waals surface area (Å²) in [6.07, 6.45) is -3.04. The van der Waals surface area contributed by atoms with Gasteiger partial charge in [-0.1, -0.05) is 12.1 Å². The Balaban J connectivity index is 1.96. The second-order valence-corrected chi connectivity index (χ2v) is 4.77. The van der Waals surface area contributed by atoms with Crippen LogP contribution in [0.25, 0.3) is 0 Å². The van der Waals surface area contributed by atoms with Gasteiger partial charge in [-0.25, -0.2) is 4.98 Å². The van der Waals surface area contributed by atoms with E-state index in [1.807, 2.05) is 6.07 Å². The van der Waals surface area contributed by atoms with Crippen molar-refractivity contribution in [2.24, 2.45) is 0 Å². The maximum atomic E-state index is 12.0. The first-order valence-corrected chi connectivity index (χ1v) is 6.80. The van der Waals surface area contributed by atoms with Crippen LogP contribution in [-0.2, 0) is 6.42 Å². The molecule has 8 heteroatoms. The van der Waals surface area contributed by atoms with E-state index in [1.54, 1.807) is 24.3 Å². The molecule has 5 nitrogen and oxygen atoms in total. The maximum Gasteiger partial charge on any atom is 0.422 e. The van der Waals surface area contributed by atoms with Gasteiger partial charge >= 0.3 is 6.18 Å². The van der Waals surface area contributed by atoms with E-state index in [4.69, 9.17) is 5.26 Å². The first-order valence-electron chi connectivity index (χ1n) is 6.80. The number of aromatic nitrogens is 1. The number of hydrogen-bond donors (Lipinski definition) is 1. The van der Waals surface area contributed by atoms with Crippen molar-refractivity contribution in [1.29, 1.82) is 5.26 Å². The summed E-state index contributed by atoms with van der Waals surface area (Å²) in [4.78, 5) is 15.7. The molecule has 1 heterocycles. The molecule has 0 aliphatic heterocycles. The molecule has 2 rings (SSSR count). The van der Waals surface area contributed by atoms with Crippen LogP contribution in [0, 0.1) is 11.3 Å². The van der Waals surface area contributed by atoms with Gasteiger partial charge in [0.2, 0.25) is 5.88 Å². The summed E-state index contributed by atoms with van der Waals surface area (Å²) < 4.78 is 40.6. The predicted octanol–water partition coefficient (Wildman–Crippen LogP) is 3.34. The molecule has 2 aromatic rings. The number of amides is 1. The SMILES string of the molecule is N#CCc1ccc(NC(=O)c2ccc(OCC(F)(F)F)nc2)cc1. The van der Waals surface area contributed by atoms with Gasteiger partial charge in [0, 0.05) is 18.0 Å². The highest BCUT2D eigenvalue weighted by molar-refractivity contribution is 6.04. The second-order valence-electron chi connectivity index (χ2n) is 4.77. The third-order valence-corrected chi connectivity index (χ3v) is 2.88. The van der Waals surface area contributed by atoms with Crippen LogP contribution in [0.1, 0.15) is 15.9 Å². The number of pyridine rings is 1. The Morgan fingerprint density at radius 1 is 1.21 bits per heavy atom. The molecule has 0 bridgehead atoms. The van der Waals surface area contributed by atoms with Gasteiger partial charge in [0.05, 0.1) is 18.1 Å². The second kappa shape index (κ2) is 7.46. The summed E-state index contributed by atoms with van der Waals surface area (Å²) in [6, 6.07) is 11.3. The van der Waals surface area contributed by atoms with Gasteiger partial charge in [0.15, 0.2) is 6.61 Å². The highest BCUT2D eigenvalue weighted by Crippen LogP contribution is 2.17. The molecule has 0 unspecified atom stereocenters. The van der Waals surface area contributed by atoms with E-state index in [0.29, 0.717) is 5.69 Å². The van der Waals surface area contributed by atoms with E-state index in [2.05, 4.69) is 15.0 Å². The molecular formula is C16H12F3N3O2. The fraction of sp³-hybridized carbons (Fsp3) is 0.188. The molecular weight excluding hydrogens is 323 g/mol. The normalized spacial score (nSPS) is 10.8. The number of carbonyl (C=O) groups excluding carboxylic acids is 1. The first-order chi connectivity index (χ1) is 11.4. The van der Waals surface area contributed by atoms with E-state index in [9.17, 15) is 18.0 Å². The van der Waals surface area contributed by atoms with E-state index in [-0.39, 0.29) is 17.9 Å². The van der Waals surface area contributed by atoms with Crippen LogP contribution in [0.3, 0.4) is 0 Å². The highest BCUT2D eigenvalue weighted by Gasteiger charge is 2.28. The molecule has 0 atom stereocenters. The lowest BCUT2D eigenvalue weighted by Gasteiger charge is -2.09. The number of halogens is 3. The number of ether oxygens (including phenoxy) is 1. The largest absolute Gasteiger partial charge is 0.468 e. The third-order valence-electron chi connectivity index (χ3n) is 2.88. The summed E-state index contributed by atoms with van der Waals surface area (Å²) in [5.41, 5.74) is 1.53. The van der Waals surface area contributed by atoms with Crippen LogP contribution >= 0.6 is 0 Å². The summed E-state index contributed by atoms with van der Waals surface area (Å²) in [6.45, 7) is -1.44. The van der Waals surface area contributed by atoms with Crippen LogP contribution in [0.4, 0.5) is 18.9 Å². The predicted molar refractivity (Wildman–Crippen MR) is 79.5 cm³/mol. The Kier molecular flexibility index (Phi) is 5.37. The number of nitrogens with one attached hydrogen (secondary N) is 1. The molecule has 0 aliphatic rings. The zero-order chi connectivity index (χ0) is 17.6. The van der Waals surface area contributed by atoms with Gasteiger partial charge in [0.1, 0.15) is 0 Å². The van der Waals surface area contributed by atoms with Gasteiger partial charge in [-0.05, 0) is 23.8 Å². The zero-order valence-electron chi connectivity index (χ0n) is 12.3. The summed E-state index contributed by atoms with van der Waals surface area (Å²) >= 11 is 0. The lowest BCUT2D eigenvalue weighted by atomic mass is 10.1. The average molecular weight is 335 g/mol. The summed E-state index contributed by atoms with van der Waals surface area (Å²) in [5, 5.41) is 11.2. The Bertz CT molecular complexity index is 735. The standard InChI is InChI=1S/C16H12F3N3O2/c17-16(18,19)10-24-14-6-3-12(9-21-14)15(23)22-13-4-1-11(2-5-13)7-8-20/h1-6,9H,7,10H2,(H,22,23). The quantitative estimate of drug-likeness (QED) is 0.909. The Labute approximate surface area is 135 Å². The van der Waals surface area contributed by atoms with Crippen LogP contribution in [0.2, 0.25) is 0 Å². The summed E-state index contributed by atoms with van der Waals surface area (Å²) in [5.74, 6) is -0.678. The van der Waals surface area contributed by atoms with E-state index in [0.717, 1.165) is 11.8 Å². The molecule has 1 aromatic carbocycles. The van der Waals surface area contributed by atoms with Crippen molar-refractivity contribution in [3.8, 4) is 11.9 Å². The molecule has 1 amide bonds. The van der Waals surface area contributed by atoms with Crippen molar-refractivity contribution in [2.75, 3.05) is 11.9 Å². The van der Waals surface area contributed by atoms with Gasteiger partial charge < -0.3 is 10.1 Å². The minimum atomic E-state index is -4.45. The Morgan fingerprint density at radius 3 is 2.46 bits per heavy atom. The zero-order valence-corrected chi connectivity index (χ0v) is 12.3. The van der Waals surface area contributed by atoms with Crippen molar-refractivity contribution < 1.29 is 22.7 Å². The first kappa shape index (κ1) is 17.3. The third kappa shape index (κ3) is 5.28. The number of nitriles is 1. The maximum absolute atomic E-state index is 12.0. The van der Waals surface area contributed by atoms with Crippen LogP contribution < -0.4 is 10.1 Å². The Hall–Kier alpha value is -3.08. The van der Waals surface area contributed by atoms with Crippen molar-refractivity contribution in [3.63, 3.8) is 0 Å². The fourth-order valence-electron chi connectivity index (χ4n) is 1.76. The highest BCUT2D eigenvalue weighted by atomic mass is 19.4. The molecule has 0 aliphatic carbocycles. The molecule has 24 heavy (non-hydrogen) atoms. The van der Waals surface area contributed by atoms with Crippen LogP contribution in [-0.4, -0.2) is 23.7 Å². The van der Waals surface area contributed by atoms with Gasteiger partial charge in [-0.15, -0.1) is 0 Å². The smallest absolute Gasteiger partial charge is 0.422 e. The fourth-order valence-corrected chi connectivity index (χ4v) is 1.76. The van der Waals surface area contributed by atoms with Crippen molar-refractivity contribution in [1.82, 2.24) is 4.98 Å². The molecule has 0 fully saturated rings. The van der Waals surface area contributed by atoms with Crippen LogP contribution in [0.15, 0.2) is 42.6 Å². The van der Waals surface area contributed by atoms with Crippen molar-refractivity contribution in [3.05, 3.63) is 53.7 Å². The number of hydrogen-bond acceptors (Lipinski definition) is 4. The topological polar surface area (TPSA) is 75.0 Å². The number of alkyl halides is 3. The van der Waals surface area contributed by atoms with E-state index >= 15 is 0 Å². The molecule has 0 radical (unpaired) electrons. The van der Waals surface area contributed by atoms with Gasteiger partial charge in [0.25, 0.3) is 5.91 Å². The Morgan fingerprint density at radius 2 is 1.92 bits per heavy atom. The van der Waals surface area contributed by atoms with Crippen molar-refractivity contribution in [2.45, 2.75) is 12.6 Å². The lowest BCUT2D eigenvalue weighted by molar-refractivity contribution is -0.154. The number of carbonyl (C=O) groups is 1.